The number of benzene rings is 2. The predicted molar refractivity (Wildman–Crippen MR) is 85.9 cm³/mol. The van der Waals surface area contributed by atoms with Crippen molar-refractivity contribution in [2.24, 2.45) is 0 Å². The molecule has 2 aromatic carbocycles. The molecule has 0 aliphatic rings. The molecule has 0 amide bonds. The van der Waals surface area contributed by atoms with Crippen molar-refractivity contribution in [2.75, 3.05) is 6.54 Å². The molecule has 19 heavy (non-hydrogen) atoms. The molecule has 1 atom stereocenters. The van der Waals surface area contributed by atoms with Crippen LogP contribution in [0.4, 0.5) is 0 Å². The highest BCUT2D eigenvalue weighted by molar-refractivity contribution is 9.10. The predicted octanol–water partition coefficient (Wildman–Crippen LogP) is 5.11. The quantitative estimate of drug-likeness (QED) is 0.817. The number of aryl methyl sites for hydroxylation is 1. The van der Waals surface area contributed by atoms with Gasteiger partial charge in [-0.3, -0.25) is 0 Å². The van der Waals surface area contributed by atoms with Crippen LogP contribution < -0.4 is 5.32 Å². The molecule has 0 spiro atoms. The molecule has 0 radical (unpaired) electrons. The first-order valence-electron chi connectivity index (χ1n) is 6.36. The molecular weight excluding hydrogens is 322 g/mol. The SMILES string of the molecule is CCNC(c1cccc(Cl)c1)c1ccc(Br)c(C)c1. The third kappa shape index (κ3) is 3.59. The zero-order valence-corrected chi connectivity index (χ0v) is 13.4. The summed E-state index contributed by atoms with van der Waals surface area (Å²) in [5, 5.41) is 4.29. The average molecular weight is 339 g/mol. The van der Waals surface area contributed by atoms with Crippen LogP contribution in [0.25, 0.3) is 0 Å². The highest BCUT2D eigenvalue weighted by Crippen LogP contribution is 2.27. The summed E-state index contributed by atoms with van der Waals surface area (Å²) in [6.07, 6.45) is 0. The summed E-state index contributed by atoms with van der Waals surface area (Å²) in [7, 11) is 0. The van der Waals surface area contributed by atoms with Gasteiger partial charge in [-0.2, -0.15) is 0 Å². The maximum Gasteiger partial charge on any atom is 0.0577 e. The van der Waals surface area contributed by atoms with E-state index in [4.69, 9.17) is 11.6 Å². The zero-order valence-electron chi connectivity index (χ0n) is 11.1. The fourth-order valence-corrected chi connectivity index (χ4v) is 2.61. The van der Waals surface area contributed by atoms with Gasteiger partial charge in [-0.1, -0.05) is 58.7 Å². The van der Waals surface area contributed by atoms with Crippen molar-refractivity contribution < 1.29 is 0 Å². The lowest BCUT2D eigenvalue weighted by Crippen LogP contribution is -2.22. The van der Waals surface area contributed by atoms with E-state index in [1.807, 2.05) is 18.2 Å². The highest BCUT2D eigenvalue weighted by atomic mass is 79.9. The Morgan fingerprint density at radius 2 is 1.89 bits per heavy atom. The molecule has 0 bridgehead atoms. The average Bonchev–Trinajstić information content (AvgIpc) is 2.39. The Labute approximate surface area is 128 Å². The first kappa shape index (κ1) is 14.6. The van der Waals surface area contributed by atoms with Crippen molar-refractivity contribution >= 4 is 27.5 Å². The molecule has 0 fully saturated rings. The van der Waals surface area contributed by atoms with E-state index in [1.54, 1.807) is 0 Å². The summed E-state index contributed by atoms with van der Waals surface area (Å²) in [4.78, 5) is 0. The Hall–Kier alpha value is -0.830. The van der Waals surface area contributed by atoms with Gasteiger partial charge in [0.1, 0.15) is 0 Å². The van der Waals surface area contributed by atoms with E-state index in [0.717, 1.165) is 16.0 Å². The van der Waals surface area contributed by atoms with Gasteiger partial charge in [-0.25, -0.2) is 0 Å². The van der Waals surface area contributed by atoms with Gasteiger partial charge in [-0.15, -0.1) is 0 Å². The van der Waals surface area contributed by atoms with Gasteiger partial charge in [0.15, 0.2) is 0 Å². The van der Waals surface area contributed by atoms with Gasteiger partial charge >= 0.3 is 0 Å². The topological polar surface area (TPSA) is 12.0 Å². The van der Waals surface area contributed by atoms with E-state index >= 15 is 0 Å². The molecule has 0 aliphatic heterocycles. The van der Waals surface area contributed by atoms with Gasteiger partial charge in [-0.05, 0) is 48.4 Å². The summed E-state index contributed by atoms with van der Waals surface area (Å²) in [5.41, 5.74) is 3.68. The second kappa shape index (κ2) is 6.56. The molecule has 0 heterocycles. The van der Waals surface area contributed by atoms with Crippen LogP contribution in [0.15, 0.2) is 46.9 Å². The van der Waals surface area contributed by atoms with Crippen molar-refractivity contribution in [3.8, 4) is 0 Å². The molecule has 0 aromatic heterocycles. The number of rotatable bonds is 4. The number of hydrogen-bond donors (Lipinski definition) is 1. The van der Waals surface area contributed by atoms with Crippen LogP contribution in [0.2, 0.25) is 5.02 Å². The van der Waals surface area contributed by atoms with Crippen LogP contribution in [-0.4, -0.2) is 6.54 Å². The lowest BCUT2D eigenvalue weighted by Gasteiger charge is -2.20. The second-order valence-corrected chi connectivity index (χ2v) is 5.85. The van der Waals surface area contributed by atoms with Gasteiger partial charge in [0.05, 0.1) is 6.04 Å². The molecule has 100 valence electrons. The fraction of sp³-hybridized carbons (Fsp3) is 0.250. The Balaban J connectivity index is 2.42. The molecule has 0 aliphatic carbocycles. The van der Waals surface area contributed by atoms with E-state index in [2.05, 4.69) is 59.4 Å². The Morgan fingerprint density at radius 1 is 1.16 bits per heavy atom. The van der Waals surface area contributed by atoms with Gasteiger partial charge in [0.25, 0.3) is 0 Å². The fourth-order valence-electron chi connectivity index (χ4n) is 2.17. The minimum atomic E-state index is 0.176. The lowest BCUT2D eigenvalue weighted by atomic mass is 9.97. The Morgan fingerprint density at radius 3 is 2.53 bits per heavy atom. The standard InChI is InChI=1S/C16H17BrClN/c1-3-19-16(12-5-4-6-14(18)10-12)13-7-8-15(17)11(2)9-13/h4-10,16,19H,3H2,1-2H3. The van der Waals surface area contributed by atoms with Crippen LogP contribution in [0, 0.1) is 6.92 Å². The minimum absolute atomic E-state index is 0.176. The Kier molecular flexibility index (Phi) is 5.03. The monoisotopic (exact) mass is 337 g/mol. The van der Waals surface area contributed by atoms with E-state index in [-0.39, 0.29) is 6.04 Å². The first-order valence-corrected chi connectivity index (χ1v) is 7.54. The molecular formula is C16H17BrClN. The normalized spacial score (nSPS) is 12.4. The van der Waals surface area contributed by atoms with Gasteiger partial charge in [0, 0.05) is 9.50 Å². The molecule has 2 rings (SSSR count). The molecule has 1 unspecified atom stereocenters. The molecule has 1 nitrogen and oxygen atoms in total. The third-order valence-electron chi connectivity index (χ3n) is 3.11. The summed E-state index contributed by atoms with van der Waals surface area (Å²) >= 11 is 9.64. The van der Waals surface area contributed by atoms with Crippen molar-refractivity contribution in [3.05, 3.63) is 68.7 Å². The summed E-state index contributed by atoms with van der Waals surface area (Å²) < 4.78 is 1.14. The maximum atomic E-state index is 6.10. The molecule has 0 saturated heterocycles. The van der Waals surface area contributed by atoms with Gasteiger partial charge < -0.3 is 5.32 Å². The second-order valence-electron chi connectivity index (χ2n) is 4.55. The van der Waals surface area contributed by atoms with Crippen LogP contribution >= 0.6 is 27.5 Å². The molecule has 1 N–H and O–H groups in total. The van der Waals surface area contributed by atoms with E-state index < -0.39 is 0 Å². The van der Waals surface area contributed by atoms with Crippen LogP contribution in [-0.2, 0) is 0 Å². The van der Waals surface area contributed by atoms with E-state index in [9.17, 15) is 0 Å². The number of nitrogens with one attached hydrogen (secondary N) is 1. The zero-order chi connectivity index (χ0) is 13.8. The Bertz CT molecular complexity index is 568. The maximum absolute atomic E-state index is 6.10. The van der Waals surface area contributed by atoms with Crippen molar-refractivity contribution in [1.82, 2.24) is 5.32 Å². The molecule has 2 aromatic rings. The first-order chi connectivity index (χ1) is 9.11. The summed E-state index contributed by atoms with van der Waals surface area (Å²) in [6.45, 7) is 5.13. The van der Waals surface area contributed by atoms with E-state index in [1.165, 1.54) is 16.7 Å². The van der Waals surface area contributed by atoms with Crippen LogP contribution in [0.1, 0.15) is 29.7 Å². The molecule has 0 saturated carbocycles. The molecule has 3 heteroatoms. The highest BCUT2D eigenvalue weighted by Gasteiger charge is 2.13. The smallest absolute Gasteiger partial charge is 0.0577 e. The number of hydrogen-bond acceptors (Lipinski definition) is 1. The minimum Gasteiger partial charge on any atom is -0.307 e. The summed E-state index contributed by atoms with van der Waals surface area (Å²) in [6, 6.07) is 14.6. The lowest BCUT2D eigenvalue weighted by molar-refractivity contribution is 0.630. The largest absolute Gasteiger partial charge is 0.307 e. The van der Waals surface area contributed by atoms with Crippen LogP contribution in [0.3, 0.4) is 0 Å². The summed E-state index contributed by atoms with van der Waals surface area (Å²) in [5.74, 6) is 0. The van der Waals surface area contributed by atoms with Crippen molar-refractivity contribution in [1.29, 1.82) is 0 Å². The van der Waals surface area contributed by atoms with Gasteiger partial charge in [0.2, 0.25) is 0 Å². The third-order valence-corrected chi connectivity index (χ3v) is 4.23. The van der Waals surface area contributed by atoms with Crippen molar-refractivity contribution in [3.63, 3.8) is 0 Å². The van der Waals surface area contributed by atoms with Crippen molar-refractivity contribution in [2.45, 2.75) is 19.9 Å². The number of halogens is 2. The van der Waals surface area contributed by atoms with E-state index in [0.29, 0.717) is 0 Å². The van der Waals surface area contributed by atoms with Crippen LogP contribution in [0.5, 0.6) is 0 Å².